The number of aryl methyl sites for hydroxylation is 1. The van der Waals surface area contributed by atoms with Gasteiger partial charge < -0.3 is 4.90 Å². The largest absolute Gasteiger partial charge is 0.356 e. The number of rotatable bonds is 5. The fourth-order valence-corrected chi connectivity index (χ4v) is 3.79. The molecule has 1 aliphatic heterocycles. The van der Waals surface area contributed by atoms with Gasteiger partial charge >= 0.3 is 0 Å². The van der Waals surface area contributed by atoms with Crippen molar-refractivity contribution in [2.45, 2.75) is 39.2 Å². The molecule has 146 valence electrons. The lowest BCUT2D eigenvalue weighted by molar-refractivity contribution is 0.0743. The zero-order valence-electron chi connectivity index (χ0n) is 15.9. The molecule has 2 heterocycles. The van der Waals surface area contributed by atoms with Crippen LogP contribution in [0.4, 0.5) is 14.6 Å². The maximum atomic E-state index is 12.6. The highest BCUT2D eigenvalue weighted by Crippen LogP contribution is 2.30. The third-order valence-corrected chi connectivity index (χ3v) is 5.62. The van der Waals surface area contributed by atoms with E-state index in [2.05, 4.69) is 9.88 Å². The number of anilines is 1. The van der Waals surface area contributed by atoms with Gasteiger partial charge in [0.25, 0.3) is 6.43 Å². The highest BCUT2D eigenvalue weighted by Gasteiger charge is 2.26. The fraction of sp³-hybridized carbons (Fsp3) is 0.500. The van der Waals surface area contributed by atoms with E-state index in [1.54, 1.807) is 11.9 Å². The highest BCUT2D eigenvalue weighted by atomic mass is 35.5. The van der Waals surface area contributed by atoms with Gasteiger partial charge in [-0.1, -0.05) is 23.7 Å². The van der Waals surface area contributed by atoms with Crippen molar-refractivity contribution < 1.29 is 8.78 Å². The molecule has 0 bridgehead atoms. The van der Waals surface area contributed by atoms with Gasteiger partial charge in [-0.25, -0.2) is 18.7 Å². The summed E-state index contributed by atoms with van der Waals surface area (Å²) < 4.78 is 25.3. The average Bonchev–Trinajstić information content (AvgIpc) is 2.64. The molecule has 0 radical (unpaired) electrons. The van der Waals surface area contributed by atoms with Gasteiger partial charge in [0.2, 0.25) is 0 Å². The summed E-state index contributed by atoms with van der Waals surface area (Å²) >= 11 is 6.32. The van der Waals surface area contributed by atoms with Crippen LogP contribution < -0.4 is 4.90 Å². The number of aromatic nitrogens is 2. The summed E-state index contributed by atoms with van der Waals surface area (Å²) in [6.45, 7) is 5.40. The molecule has 2 aromatic rings. The van der Waals surface area contributed by atoms with Crippen LogP contribution in [0.1, 0.15) is 24.1 Å². The molecule has 7 heteroatoms. The van der Waals surface area contributed by atoms with Crippen LogP contribution in [-0.2, 0) is 0 Å². The predicted octanol–water partition coefficient (Wildman–Crippen LogP) is 4.58. The number of nitrogens with zero attached hydrogens (tertiary/aromatic N) is 4. The molecule has 27 heavy (non-hydrogen) atoms. The van der Waals surface area contributed by atoms with Gasteiger partial charge in [0.05, 0.1) is 11.6 Å². The molecule has 1 aromatic carbocycles. The van der Waals surface area contributed by atoms with Crippen molar-refractivity contribution in [2.24, 2.45) is 0 Å². The van der Waals surface area contributed by atoms with Crippen LogP contribution in [0.25, 0.3) is 11.4 Å². The van der Waals surface area contributed by atoms with Gasteiger partial charge in [0.1, 0.15) is 5.82 Å². The van der Waals surface area contributed by atoms with E-state index >= 15 is 0 Å². The monoisotopic (exact) mass is 394 g/mol. The van der Waals surface area contributed by atoms with Crippen LogP contribution in [0, 0.1) is 13.8 Å². The normalized spacial score (nSPS) is 15.8. The maximum Gasteiger partial charge on any atom is 0.251 e. The number of piperidine rings is 1. The summed E-state index contributed by atoms with van der Waals surface area (Å²) in [5.41, 5.74) is 2.78. The van der Waals surface area contributed by atoms with Crippen molar-refractivity contribution in [3.8, 4) is 11.4 Å². The minimum absolute atomic E-state index is 0.174. The summed E-state index contributed by atoms with van der Waals surface area (Å²) in [6, 6.07) is 7.74. The lowest BCUT2D eigenvalue weighted by atomic mass is 10.0. The van der Waals surface area contributed by atoms with Crippen molar-refractivity contribution in [3.05, 3.63) is 40.5 Å². The van der Waals surface area contributed by atoms with Crippen LogP contribution in [0.5, 0.6) is 0 Å². The lowest BCUT2D eigenvalue weighted by Gasteiger charge is -2.37. The van der Waals surface area contributed by atoms with Crippen LogP contribution in [0.2, 0.25) is 5.02 Å². The second-order valence-corrected chi connectivity index (χ2v) is 7.52. The Morgan fingerprint density at radius 2 is 1.85 bits per heavy atom. The molecule has 0 amide bonds. The van der Waals surface area contributed by atoms with Gasteiger partial charge in [-0.15, -0.1) is 0 Å². The molecule has 1 fully saturated rings. The number of halogens is 3. The molecule has 1 aromatic heterocycles. The van der Waals surface area contributed by atoms with Crippen molar-refractivity contribution in [1.82, 2.24) is 14.9 Å². The maximum absolute atomic E-state index is 12.6. The molecule has 0 saturated carbocycles. The van der Waals surface area contributed by atoms with Crippen LogP contribution >= 0.6 is 11.6 Å². The van der Waals surface area contributed by atoms with Crippen molar-refractivity contribution in [2.75, 3.05) is 31.6 Å². The van der Waals surface area contributed by atoms with Gasteiger partial charge in [0, 0.05) is 36.0 Å². The minimum atomic E-state index is -2.29. The zero-order chi connectivity index (χ0) is 19.6. The minimum Gasteiger partial charge on any atom is -0.356 e. The van der Waals surface area contributed by atoms with Crippen LogP contribution in [0.15, 0.2) is 24.3 Å². The van der Waals surface area contributed by atoms with E-state index in [0.717, 1.165) is 48.6 Å². The molecule has 1 aliphatic rings. The van der Waals surface area contributed by atoms with Crippen molar-refractivity contribution in [3.63, 3.8) is 0 Å². The van der Waals surface area contributed by atoms with E-state index in [4.69, 9.17) is 16.6 Å². The first kappa shape index (κ1) is 20.0. The van der Waals surface area contributed by atoms with E-state index in [0.29, 0.717) is 10.8 Å². The molecule has 3 rings (SSSR count). The number of alkyl halides is 2. The average molecular weight is 395 g/mol. The standard InChI is InChI=1S/C20H25ClF2N4/c1-13-14(2)24-19(16-6-4-5-7-17(16)21)25-20(13)27-10-8-15(9-11-27)26(3)12-18(22)23/h4-7,15,18H,8-12H2,1-3H3. The quantitative estimate of drug-likeness (QED) is 0.743. The second kappa shape index (κ2) is 8.48. The van der Waals surface area contributed by atoms with Crippen molar-refractivity contribution >= 4 is 17.4 Å². The van der Waals surface area contributed by atoms with E-state index < -0.39 is 6.43 Å². The molecule has 1 saturated heterocycles. The number of benzene rings is 1. The summed E-state index contributed by atoms with van der Waals surface area (Å²) in [5.74, 6) is 1.53. The van der Waals surface area contributed by atoms with Gasteiger partial charge in [-0.3, -0.25) is 4.90 Å². The summed E-state index contributed by atoms with van der Waals surface area (Å²) in [5, 5.41) is 0.624. The predicted molar refractivity (Wildman–Crippen MR) is 106 cm³/mol. The van der Waals surface area contributed by atoms with Crippen LogP contribution in [-0.4, -0.2) is 54.0 Å². The molecule has 0 aliphatic carbocycles. The molecular formula is C20H25ClF2N4. The lowest BCUT2D eigenvalue weighted by Crippen LogP contribution is -2.45. The topological polar surface area (TPSA) is 32.3 Å². The third-order valence-electron chi connectivity index (χ3n) is 5.29. The Bertz CT molecular complexity index is 792. The summed E-state index contributed by atoms with van der Waals surface area (Å²) in [7, 11) is 1.78. The Balaban J connectivity index is 1.81. The van der Waals surface area contributed by atoms with Crippen LogP contribution in [0.3, 0.4) is 0 Å². The number of hydrogen-bond donors (Lipinski definition) is 0. The Kier molecular flexibility index (Phi) is 6.27. The Labute approximate surface area is 164 Å². The first-order valence-electron chi connectivity index (χ1n) is 9.20. The molecule has 0 unspecified atom stereocenters. The first-order valence-corrected chi connectivity index (χ1v) is 9.58. The van der Waals surface area contributed by atoms with E-state index in [1.807, 2.05) is 38.1 Å². The molecular weight excluding hydrogens is 370 g/mol. The smallest absolute Gasteiger partial charge is 0.251 e. The molecule has 4 nitrogen and oxygen atoms in total. The number of hydrogen-bond acceptors (Lipinski definition) is 4. The fourth-order valence-electron chi connectivity index (χ4n) is 3.57. The first-order chi connectivity index (χ1) is 12.9. The molecule has 0 N–H and O–H groups in total. The van der Waals surface area contributed by atoms with Crippen molar-refractivity contribution in [1.29, 1.82) is 0 Å². The Morgan fingerprint density at radius 1 is 1.19 bits per heavy atom. The Morgan fingerprint density at radius 3 is 2.48 bits per heavy atom. The SMILES string of the molecule is Cc1nc(-c2ccccc2Cl)nc(N2CCC(N(C)CC(F)F)CC2)c1C. The van der Waals surface area contributed by atoms with E-state index in [-0.39, 0.29) is 12.6 Å². The van der Waals surface area contributed by atoms with Gasteiger partial charge in [0.15, 0.2) is 5.82 Å². The van der Waals surface area contributed by atoms with E-state index in [9.17, 15) is 8.78 Å². The molecule has 0 atom stereocenters. The second-order valence-electron chi connectivity index (χ2n) is 7.11. The third kappa shape index (κ3) is 4.55. The summed E-state index contributed by atoms with van der Waals surface area (Å²) in [6.07, 6.45) is -0.613. The summed E-state index contributed by atoms with van der Waals surface area (Å²) in [4.78, 5) is 13.4. The van der Waals surface area contributed by atoms with Gasteiger partial charge in [-0.05, 0) is 45.9 Å². The zero-order valence-corrected chi connectivity index (χ0v) is 16.7. The Hall–Kier alpha value is -1.79. The molecule has 0 spiro atoms. The highest BCUT2D eigenvalue weighted by molar-refractivity contribution is 6.33. The van der Waals surface area contributed by atoms with E-state index in [1.165, 1.54) is 0 Å². The van der Waals surface area contributed by atoms with Gasteiger partial charge in [-0.2, -0.15) is 0 Å².